The molecule has 1 aromatic heterocycles. The number of aromatic nitrogens is 1. The Labute approximate surface area is 162 Å². The number of pyridine rings is 1. The van der Waals surface area contributed by atoms with Gasteiger partial charge < -0.3 is 14.6 Å². The first-order chi connectivity index (χ1) is 13.0. The van der Waals surface area contributed by atoms with E-state index in [1.807, 2.05) is 0 Å². The molecule has 3 aliphatic rings. The van der Waals surface area contributed by atoms with E-state index in [0.717, 1.165) is 26.1 Å². The lowest BCUT2D eigenvalue weighted by molar-refractivity contribution is -0.150. The minimum Gasteiger partial charge on any atom is -0.461 e. The number of carbonyl (C=O) groups excluding carboxylic acids is 2. The van der Waals surface area contributed by atoms with Gasteiger partial charge in [0, 0.05) is 32.3 Å². The van der Waals surface area contributed by atoms with E-state index >= 15 is 0 Å². The summed E-state index contributed by atoms with van der Waals surface area (Å²) in [5, 5.41) is -0.00143. The first-order valence-corrected chi connectivity index (χ1v) is 9.96. The number of cyclic esters (lactones) is 1. The SMILES string of the molecule is O=C(c1c[nH]c(=O)c(Cl)c1)N1CCC2(CC1)CC(CN1CCCC1)OC2=O. The van der Waals surface area contributed by atoms with Crippen molar-refractivity contribution in [3.8, 4) is 0 Å². The summed E-state index contributed by atoms with van der Waals surface area (Å²) in [6, 6.07) is 1.39. The summed E-state index contributed by atoms with van der Waals surface area (Å²) >= 11 is 5.82. The van der Waals surface area contributed by atoms with Gasteiger partial charge in [-0.3, -0.25) is 19.3 Å². The zero-order chi connectivity index (χ0) is 19.0. The molecule has 1 N–H and O–H groups in total. The number of halogens is 1. The third-order valence-electron chi connectivity index (χ3n) is 6.10. The van der Waals surface area contributed by atoms with Crippen molar-refractivity contribution in [1.82, 2.24) is 14.8 Å². The van der Waals surface area contributed by atoms with Crippen molar-refractivity contribution in [2.45, 2.75) is 38.2 Å². The molecule has 4 heterocycles. The lowest BCUT2D eigenvalue weighted by atomic mass is 9.76. The van der Waals surface area contributed by atoms with E-state index in [9.17, 15) is 14.4 Å². The lowest BCUT2D eigenvalue weighted by Crippen LogP contribution is -2.45. The van der Waals surface area contributed by atoms with Gasteiger partial charge in [-0.15, -0.1) is 0 Å². The number of nitrogens with one attached hydrogen (secondary N) is 1. The van der Waals surface area contributed by atoms with E-state index in [0.29, 0.717) is 31.5 Å². The predicted molar refractivity (Wildman–Crippen MR) is 99.8 cm³/mol. The Morgan fingerprint density at radius 2 is 1.93 bits per heavy atom. The van der Waals surface area contributed by atoms with Crippen LogP contribution in [0.25, 0.3) is 0 Å². The standard InChI is InChI=1S/C19H24ClN3O4/c20-15-9-13(11-21-16(15)24)17(25)23-7-3-19(4-8-23)10-14(27-18(19)26)12-22-5-1-2-6-22/h9,11,14H,1-8,10,12H2,(H,21,24). The average molecular weight is 394 g/mol. The summed E-state index contributed by atoms with van der Waals surface area (Å²) in [7, 11) is 0. The second-order valence-electron chi connectivity index (χ2n) is 7.88. The maximum atomic E-state index is 12.7. The molecule has 27 heavy (non-hydrogen) atoms. The second-order valence-corrected chi connectivity index (χ2v) is 8.28. The summed E-state index contributed by atoms with van der Waals surface area (Å²) in [5.41, 5.74) is -0.510. The highest BCUT2D eigenvalue weighted by atomic mass is 35.5. The van der Waals surface area contributed by atoms with Crippen LogP contribution in [-0.4, -0.2) is 65.5 Å². The molecule has 3 saturated heterocycles. The first-order valence-electron chi connectivity index (χ1n) is 9.58. The summed E-state index contributed by atoms with van der Waals surface area (Å²) < 4.78 is 5.68. The Morgan fingerprint density at radius 1 is 1.22 bits per heavy atom. The van der Waals surface area contributed by atoms with E-state index in [1.165, 1.54) is 25.1 Å². The van der Waals surface area contributed by atoms with E-state index in [2.05, 4.69) is 9.88 Å². The molecule has 0 saturated carbocycles. The molecule has 0 aromatic carbocycles. The number of carbonyl (C=O) groups is 2. The van der Waals surface area contributed by atoms with Crippen LogP contribution in [0.15, 0.2) is 17.1 Å². The third kappa shape index (κ3) is 3.62. The summed E-state index contributed by atoms with van der Waals surface area (Å²) in [5.74, 6) is -0.283. The first kappa shape index (κ1) is 18.5. The Balaban J connectivity index is 1.37. The molecule has 8 heteroatoms. The molecule has 0 bridgehead atoms. The van der Waals surface area contributed by atoms with Crippen LogP contribution < -0.4 is 5.56 Å². The van der Waals surface area contributed by atoms with Crippen LogP contribution in [-0.2, 0) is 9.53 Å². The van der Waals surface area contributed by atoms with E-state index in [-0.39, 0.29) is 23.0 Å². The molecule has 1 unspecified atom stereocenters. The number of nitrogens with zero attached hydrogens (tertiary/aromatic N) is 2. The average Bonchev–Trinajstić information content (AvgIpc) is 3.26. The van der Waals surface area contributed by atoms with Gasteiger partial charge in [-0.1, -0.05) is 11.6 Å². The number of rotatable bonds is 3. The molecule has 1 spiro atoms. The number of esters is 1. The number of hydrogen-bond acceptors (Lipinski definition) is 5. The van der Waals surface area contributed by atoms with E-state index in [1.54, 1.807) is 4.90 Å². The highest BCUT2D eigenvalue weighted by Gasteiger charge is 2.51. The topological polar surface area (TPSA) is 82.7 Å². The van der Waals surface area contributed by atoms with Crippen molar-refractivity contribution in [1.29, 1.82) is 0 Å². The normalized spacial score (nSPS) is 25.1. The molecule has 0 radical (unpaired) electrons. The minimum atomic E-state index is -0.455. The van der Waals surface area contributed by atoms with Crippen LogP contribution in [0.4, 0.5) is 0 Å². The molecule has 146 valence electrons. The van der Waals surface area contributed by atoms with Crippen molar-refractivity contribution in [3.63, 3.8) is 0 Å². The molecule has 4 rings (SSSR count). The lowest BCUT2D eigenvalue weighted by Gasteiger charge is -2.36. The quantitative estimate of drug-likeness (QED) is 0.790. The molecule has 0 aliphatic carbocycles. The van der Waals surface area contributed by atoms with Crippen molar-refractivity contribution < 1.29 is 14.3 Å². The maximum absolute atomic E-state index is 12.7. The molecule has 7 nitrogen and oxygen atoms in total. The van der Waals surface area contributed by atoms with Crippen LogP contribution in [0.2, 0.25) is 5.02 Å². The smallest absolute Gasteiger partial charge is 0.312 e. The van der Waals surface area contributed by atoms with Crippen LogP contribution in [0, 0.1) is 5.41 Å². The fourth-order valence-corrected chi connectivity index (χ4v) is 4.67. The van der Waals surface area contributed by atoms with E-state index in [4.69, 9.17) is 16.3 Å². The van der Waals surface area contributed by atoms with Crippen LogP contribution in [0.5, 0.6) is 0 Å². The summed E-state index contributed by atoms with van der Waals surface area (Å²) in [4.78, 5) is 43.2. The van der Waals surface area contributed by atoms with Gasteiger partial charge in [0.1, 0.15) is 11.1 Å². The number of hydrogen-bond donors (Lipinski definition) is 1. The number of aromatic amines is 1. The molecular weight excluding hydrogens is 370 g/mol. The monoisotopic (exact) mass is 393 g/mol. The van der Waals surface area contributed by atoms with Crippen LogP contribution in [0.3, 0.4) is 0 Å². The van der Waals surface area contributed by atoms with E-state index < -0.39 is 11.0 Å². The Hall–Kier alpha value is -1.86. The highest BCUT2D eigenvalue weighted by Crippen LogP contribution is 2.43. The van der Waals surface area contributed by atoms with Gasteiger partial charge in [-0.05, 0) is 44.8 Å². The minimum absolute atomic E-state index is 0.00143. The molecular formula is C19H24ClN3O4. The molecule has 1 atom stereocenters. The van der Waals surface area contributed by atoms with Gasteiger partial charge in [-0.25, -0.2) is 0 Å². The van der Waals surface area contributed by atoms with Crippen molar-refractivity contribution in [2.24, 2.45) is 5.41 Å². The molecule has 1 aromatic rings. The van der Waals surface area contributed by atoms with Gasteiger partial charge in [0.25, 0.3) is 11.5 Å². The number of likely N-dealkylation sites (tertiary alicyclic amines) is 2. The van der Waals surface area contributed by atoms with Crippen LogP contribution >= 0.6 is 11.6 Å². The number of H-pyrrole nitrogens is 1. The highest BCUT2D eigenvalue weighted by molar-refractivity contribution is 6.30. The second kappa shape index (κ2) is 7.28. The Morgan fingerprint density at radius 3 is 2.59 bits per heavy atom. The molecule has 3 aliphatic heterocycles. The number of amides is 1. The number of piperidine rings is 1. The molecule has 1 amide bonds. The van der Waals surface area contributed by atoms with Crippen LogP contribution in [0.1, 0.15) is 42.5 Å². The van der Waals surface area contributed by atoms with Crippen molar-refractivity contribution >= 4 is 23.5 Å². The van der Waals surface area contributed by atoms with Crippen molar-refractivity contribution in [2.75, 3.05) is 32.7 Å². The summed E-state index contributed by atoms with van der Waals surface area (Å²) in [6.45, 7) is 4.00. The van der Waals surface area contributed by atoms with Gasteiger partial charge in [0.15, 0.2) is 0 Å². The van der Waals surface area contributed by atoms with Gasteiger partial charge in [-0.2, -0.15) is 0 Å². The fourth-order valence-electron chi connectivity index (χ4n) is 4.50. The van der Waals surface area contributed by atoms with Gasteiger partial charge in [0.2, 0.25) is 0 Å². The zero-order valence-electron chi connectivity index (χ0n) is 15.2. The summed E-state index contributed by atoms with van der Waals surface area (Å²) in [6.07, 6.45) is 5.77. The Bertz CT molecular complexity index is 794. The third-order valence-corrected chi connectivity index (χ3v) is 6.38. The van der Waals surface area contributed by atoms with Gasteiger partial charge in [0.05, 0.1) is 11.0 Å². The van der Waals surface area contributed by atoms with Crippen molar-refractivity contribution in [3.05, 3.63) is 33.2 Å². The maximum Gasteiger partial charge on any atom is 0.312 e. The zero-order valence-corrected chi connectivity index (χ0v) is 16.0. The van der Waals surface area contributed by atoms with Gasteiger partial charge >= 0.3 is 5.97 Å². The fraction of sp³-hybridized carbons (Fsp3) is 0.632. The predicted octanol–water partition coefficient (Wildman–Crippen LogP) is 1.66. The largest absolute Gasteiger partial charge is 0.461 e. The Kier molecular flexibility index (Phi) is 4.99. The number of ether oxygens (including phenoxy) is 1. The molecule has 3 fully saturated rings.